The molecule has 1 aliphatic heterocycles. The quantitative estimate of drug-likeness (QED) is 0.913. The Morgan fingerprint density at radius 3 is 2.95 bits per heavy atom. The van der Waals surface area contributed by atoms with Crippen LogP contribution < -0.4 is 4.74 Å². The lowest BCUT2D eigenvalue weighted by Gasteiger charge is -2.29. The lowest BCUT2D eigenvalue weighted by Crippen LogP contribution is -2.33. The molecule has 2 unspecified atom stereocenters. The lowest BCUT2D eigenvalue weighted by molar-refractivity contribution is 0.0646. The predicted molar refractivity (Wildman–Crippen MR) is 82.9 cm³/mol. The summed E-state index contributed by atoms with van der Waals surface area (Å²) >= 11 is 3.33. The summed E-state index contributed by atoms with van der Waals surface area (Å²) in [6.45, 7) is 0.466. The molecule has 2 aromatic rings. The first kappa shape index (κ1) is 14.5. The maximum Gasteiger partial charge on any atom is 0.126 e. The van der Waals surface area contributed by atoms with Crippen molar-refractivity contribution in [2.24, 2.45) is 5.92 Å². The largest absolute Gasteiger partial charge is 0.493 e. The second kappa shape index (κ2) is 6.16. The van der Waals surface area contributed by atoms with Crippen LogP contribution >= 0.6 is 15.9 Å². The third kappa shape index (κ3) is 3.27. The molecule has 1 N–H and O–H groups in total. The average molecular weight is 351 g/mol. The molecule has 0 amide bonds. The number of rotatable bonds is 3. The van der Waals surface area contributed by atoms with Crippen LogP contribution in [-0.2, 0) is 12.8 Å². The summed E-state index contributed by atoms with van der Waals surface area (Å²) in [6.07, 6.45) is 0.427. The first-order chi connectivity index (χ1) is 10.1. The van der Waals surface area contributed by atoms with Gasteiger partial charge in [-0.05, 0) is 41.8 Å². The highest BCUT2D eigenvalue weighted by atomic mass is 79.9. The van der Waals surface area contributed by atoms with Gasteiger partial charge in [0, 0.05) is 16.8 Å². The second-order valence-electron chi connectivity index (χ2n) is 5.39. The zero-order chi connectivity index (χ0) is 14.8. The van der Waals surface area contributed by atoms with Gasteiger partial charge in [-0.2, -0.15) is 0 Å². The molecule has 21 heavy (non-hydrogen) atoms. The maximum absolute atomic E-state index is 13.8. The number of halogens is 2. The van der Waals surface area contributed by atoms with Gasteiger partial charge < -0.3 is 9.84 Å². The molecule has 2 aromatic carbocycles. The molecule has 3 rings (SSSR count). The minimum absolute atomic E-state index is 0.0155. The SMILES string of the molecule is OC(Cc1cc(Br)ccc1F)C1COc2ccccc2C1. The smallest absolute Gasteiger partial charge is 0.126 e. The van der Waals surface area contributed by atoms with E-state index in [-0.39, 0.29) is 11.7 Å². The summed E-state index contributed by atoms with van der Waals surface area (Å²) in [4.78, 5) is 0. The number of ether oxygens (including phenoxy) is 1. The van der Waals surface area contributed by atoms with Gasteiger partial charge in [-0.15, -0.1) is 0 Å². The highest BCUT2D eigenvalue weighted by Crippen LogP contribution is 2.29. The van der Waals surface area contributed by atoms with E-state index in [9.17, 15) is 9.50 Å². The van der Waals surface area contributed by atoms with Gasteiger partial charge in [-0.1, -0.05) is 34.1 Å². The van der Waals surface area contributed by atoms with Gasteiger partial charge in [0.1, 0.15) is 11.6 Å². The second-order valence-corrected chi connectivity index (χ2v) is 6.31. The monoisotopic (exact) mass is 350 g/mol. The summed E-state index contributed by atoms with van der Waals surface area (Å²) in [5.74, 6) is 0.585. The van der Waals surface area contributed by atoms with E-state index in [0.29, 0.717) is 18.6 Å². The van der Waals surface area contributed by atoms with Crippen LogP contribution in [0.5, 0.6) is 5.75 Å². The van der Waals surface area contributed by atoms with Crippen LogP contribution in [0.25, 0.3) is 0 Å². The molecule has 0 bridgehead atoms. The molecule has 2 nitrogen and oxygen atoms in total. The van der Waals surface area contributed by atoms with E-state index in [1.807, 2.05) is 24.3 Å². The first-order valence-electron chi connectivity index (χ1n) is 6.96. The fraction of sp³-hybridized carbons (Fsp3) is 0.294. The van der Waals surface area contributed by atoms with Gasteiger partial charge in [0.15, 0.2) is 0 Å². The van der Waals surface area contributed by atoms with Crippen molar-refractivity contribution >= 4 is 15.9 Å². The minimum atomic E-state index is -0.623. The molecule has 2 atom stereocenters. The molecular weight excluding hydrogens is 335 g/mol. The molecule has 0 saturated carbocycles. The van der Waals surface area contributed by atoms with Crippen molar-refractivity contribution < 1.29 is 14.2 Å². The van der Waals surface area contributed by atoms with Gasteiger partial charge in [0.2, 0.25) is 0 Å². The first-order valence-corrected chi connectivity index (χ1v) is 7.75. The number of para-hydroxylation sites is 1. The van der Waals surface area contributed by atoms with E-state index < -0.39 is 6.10 Å². The Morgan fingerprint density at radius 2 is 2.10 bits per heavy atom. The summed E-state index contributed by atoms with van der Waals surface area (Å²) < 4.78 is 20.3. The molecule has 0 spiro atoms. The molecule has 1 heterocycles. The molecule has 0 radical (unpaired) electrons. The molecule has 1 aliphatic rings. The number of fused-ring (bicyclic) bond motifs is 1. The summed E-state index contributed by atoms with van der Waals surface area (Å²) in [7, 11) is 0. The Labute approximate surface area is 131 Å². The topological polar surface area (TPSA) is 29.5 Å². The Kier molecular flexibility index (Phi) is 4.27. The highest BCUT2D eigenvalue weighted by molar-refractivity contribution is 9.10. The van der Waals surface area contributed by atoms with Gasteiger partial charge in [-0.3, -0.25) is 0 Å². The van der Waals surface area contributed by atoms with Crippen molar-refractivity contribution in [3.63, 3.8) is 0 Å². The molecule has 0 aliphatic carbocycles. The average Bonchev–Trinajstić information content (AvgIpc) is 2.50. The standard InChI is InChI=1S/C17H16BrFO2/c18-14-5-6-15(19)12(8-14)9-16(20)13-7-11-3-1-2-4-17(11)21-10-13/h1-6,8,13,16,20H,7,9-10H2. The zero-order valence-electron chi connectivity index (χ0n) is 11.4. The summed E-state index contributed by atoms with van der Waals surface area (Å²) in [5, 5.41) is 10.4. The van der Waals surface area contributed by atoms with Crippen LogP contribution in [-0.4, -0.2) is 17.8 Å². The maximum atomic E-state index is 13.8. The molecule has 110 valence electrons. The van der Waals surface area contributed by atoms with Crippen molar-refractivity contribution in [3.05, 3.63) is 63.9 Å². The van der Waals surface area contributed by atoms with E-state index in [1.54, 1.807) is 12.1 Å². The molecule has 0 fully saturated rings. The molecular formula is C17H16BrFO2. The van der Waals surface area contributed by atoms with Gasteiger partial charge in [0.05, 0.1) is 12.7 Å². The molecule has 0 aromatic heterocycles. The molecule has 0 saturated heterocycles. The van der Waals surface area contributed by atoms with E-state index >= 15 is 0 Å². The number of hydrogen-bond donors (Lipinski definition) is 1. The Morgan fingerprint density at radius 1 is 1.29 bits per heavy atom. The van der Waals surface area contributed by atoms with Crippen LogP contribution in [0, 0.1) is 11.7 Å². The fourth-order valence-corrected chi connectivity index (χ4v) is 3.10. The Hall–Kier alpha value is -1.39. The third-order valence-corrected chi connectivity index (χ3v) is 4.38. The number of benzene rings is 2. The van der Waals surface area contributed by atoms with Gasteiger partial charge in [0.25, 0.3) is 0 Å². The number of aliphatic hydroxyl groups is 1. The Balaban J connectivity index is 1.72. The fourth-order valence-electron chi connectivity index (χ4n) is 2.69. The van der Waals surface area contributed by atoms with Crippen LogP contribution in [0.15, 0.2) is 46.9 Å². The van der Waals surface area contributed by atoms with Crippen LogP contribution in [0.4, 0.5) is 4.39 Å². The highest BCUT2D eigenvalue weighted by Gasteiger charge is 2.26. The normalized spacial score (nSPS) is 18.7. The minimum Gasteiger partial charge on any atom is -0.493 e. The van der Waals surface area contributed by atoms with E-state index in [2.05, 4.69) is 15.9 Å². The van der Waals surface area contributed by atoms with Crippen LogP contribution in [0.1, 0.15) is 11.1 Å². The van der Waals surface area contributed by atoms with Gasteiger partial charge in [-0.25, -0.2) is 4.39 Å². The van der Waals surface area contributed by atoms with Crippen molar-refractivity contribution in [2.45, 2.75) is 18.9 Å². The van der Waals surface area contributed by atoms with Crippen LogP contribution in [0.3, 0.4) is 0 Å². The molecule has 4 heteroatoms. The van der Waals surface area contributed by atoms with Crippen molar-refractivity contribution in [1.29, 1.82) is 0 Å². The van der Waals surface area contributed by atoms with Gasteiger partial charge >= 0.3 is 0 Å². The Bertz CT molecular complexity index is 644. The van der Waals surface area contributed by atoms with E-state index in [4.69, 9.17) is 4.74 Å². The lowest BCUT2D eigenvalue weighted by atomic mass is 9.89. The predicted octanol–water partition coefficient (Wildman–Crippen LogP) is 3.74. The summed E-state index contributed by atoms with van der Waals surface area (Å²) in [6, 6.07) is 12.6. The van der Waals surface area contributed by atoms with E-state index in [1.165, 1.54) is 6.07 Å². The van der Waals surface area contributed by atoms with Crippen molar-refractivity contribution in [3.8, 4) is 5.75 Å². The van der Waals surface area contributed by atoms with Crippen molar-refractivity contribution in [1.82, 2.24) is 0 Å². The zero-order valence-corrected chi connectivity index (χ0v) is 13.0. The van der Waals surface area contributed by atoms with E-state index in [0.717, 1.165) is 22.2 Å². The van der Waals surface area contributed by atoms with Crippen LogP contribution in [0.2, 0.25) is 0 Å². The third-order valence-electron chi connectivity index (χ3n) is 3.89. The summed E-state index contributed by atoms with van der Waals surface area (Å²) in [5.41, 5.74) is 1.62. The number of aliphatic hydroxyl groups excluding tert-OH is 1. The van der Waals surface area contributed by atoms with Crippen molar-refractivity contribution in [2.75, 3.05) is 6.61 Å². The number of hydrogen-bond acceptors (Lipinski definition) is 2.